The summed E-state index contributed by atoms with van der Waals surface area (Å²) >= 11 is 0. The number of hydrogen-bond donors (Lipinski definition) is 2. The number of alkyl carbamates (subject to hydrolysis) is 1. The van der Waals surface area contributed by atoms with Crippen LogP contribution in [0, 0.1) is 5.82 Å². The normalized spacial score (nSPS) is 13.0. The predicted octanol–water partition coefficient (Wildman–Crippen LogP) is 5.21. The molecular weight excluding hydrogens is 459 g/mol. The highest BCUT2D eigenvalue weighted by Gasteiger charge is 2.30. The van der Waals surface area contributed by atoms with E-state index in [9.17, 15) is 19.1 Å². The van der Waals surface area contributed by atoms with E-state index in [0.29, 0.717) is 6.54 Å². The third-order valence-corrected chi connectivity index (χ3v) is 6.54. The maximum Gasteiger partial charge on any atom is 0.407 e. The Morgan fingerprint density at radius 3 is 2.19 bits per heavy atom. The Balaban J connectivity index is 1.24. The second-order valence-corrected chi connectivity index (χ2v) is 8.82. The molecule has 0 saturated carbocycles. The van der Waals surface area contributed by atoms with Gasteiger partial charge in [0.05, 0.1) is 0 Å². The third kappa shape index (κ3) is 4.86. The average molecular weight is 485 g/mol. The molecule has 1 aliphatic carbocycles. The highest BCUT2D eigenvalue weighted by atomic mass is 19.1. The molecule has 1 aliphatic rings. The second kappa shape index (κ2) is 10.1. The second-order valence-electron chi connectivity index (χ2n) is 8.82. The Labute approximate surface area is 208 Å². The van der Waals surface area contributed by atoms with Crippen molar-refractivity contribution in [3.63, 3.8) is 0 Å². The number of fused-ring (bicyclic) bond motifs is 3. The number of amides is 1. The molecule has 1 heterocycles. The van der Waals surface area contributed by atoms with Gasteiger partial charge in [-0.3, -0.25) is 0 Å². The van der Waals surface area contributed by atoms with Crippen molar-refractivity contribution in [2.75, 3.05) is 6.61 Å². The molecule has 1 unspecified atom stereocenters. The summed E-state index contributed by atoms with van der Waals surface area (Å²) in [5.74, 6) is -1.58. The lowest BCUT2D eigenvalue weighted by molar-refractivity contribution is -0.139. The van der Waals surface area contributed by atoms with E-state index >= 15 is 0 Å². The number of carboxylic acid groups (broad SMARTS) is 1. The maximum absolute atomic E-state index is 13.2. The van der Waals surface area contributed by atoms with Crippen LogP contribution in [0.4, 0.5) is 9.18 Å². The lowest BCUT2D eigenvalue weighted by Crippen LogP contribution is -2.43. The number of carboxylic acids is 1. The smallest absolute Gasteiger partial charge is 0.407 e. The van der Waals surface area contributed by atoms with Crippen LogP contribution in [-0.2, 0) is 22.5 Å². The van der Waals surface area contributed by atoms with Gasteiger partial charge in [-0.25, -0.2) is 14.0 Å². The van der Waals surface area contributed by atoms with Crippen molar-refractivity contribution in [2.45, 2.75) is 24.9 Å². The van der Waals surface area contributed by atoms with E-state index in [2.05, 4.69) is 17.4 Å². The molecule has 2 N–H and O–H groups in total. The molecule has 0 spiro atoms. The number of carbonyl (C=O) groups is 2. The summed E-state index contributed by atoms with van der Waals surface area (Å²) in [6.07, 6.45) is 1.12. The zero-order valence-electron chi connectivity index (χ0n) is 19.4. The molecule has 36 heavy (non-hydrogen) atoms. The summed E-state index contributed by atoms with van der Waals surface area (Å²) in [6, 6.07) is 24.6. The monoisotopic (exact) mass is 484 g/mol. The van der Waals surface area contributed by atoms with Crippen molar-refractivity contribution >= 4 is 12.1 Å². The topological polar surface area (TPSA) is 80.6 Å². The molecule has 1 atom stereocenters. The van der Waals surface area contributed by atoms with E-state index in [4.69, 9.17) is 4.74 Å². The summed E-state index contributed by atoms with van der Waals surface area (Å²) in [5, 5.41) is 12.3. The average Bonchev–Trinajstić information content (AvgIpc) is 3.45. The van der Waals surface area contributed by atoms with E-state index in [1.807, 2.05) is 53.2 Å². The highest BCUT2D eigenvalue weighted by molar-refractivity contribution is 5.81. The SMILES string of the molecule is O=C(NC(Cc1cccn1Cc1ccc(F)cc1)C(=O)O)OCC1c2ccccc2-c2ccccc21. The minimum Gasteiger partial charge on any atom is -0.480 e. The number of benzene rings is 3. The Kier molecular flexibility index (Phi) is 6.54. The number of aromatic nitrogens is 1. The van der Waals surface area contributed by atoms with Crippen LogP contribution in [0.1, 0.15) is 28.3 Å². The predicted molar refractivity (Wildman–Crippen MR) is 133 cm³/mol. The van der Waals surface area contributed by atoms with Crippen LogP contribution < -0.4 is 5.32 Å². The minimum absolute atomic E-state index is 0.0771. The minimum atomic E-state index is -1.16. The van der Waals surface area contributed by atoms with Crippen molar-refractivity contribution in [1.82, 2.24) is 9.88 Å². The molecule has 5 rings (SSSR count). The molecule has 0 saturated heterocycles. The van der Waals surface area contributed by atoms with Crippen LogP contribution >= 0.6 is 0 Å². The number of hydrogen-bond acceptors (Lipinski definition) is 3. The Hall–Kier alpha value is -4.39. The first-order valence-corrected chi connectivity index (χ1v) is 11.7. The molecule has 3 aromatic carbocycles. The molecule has 6 nitrogen and oxygen atoms in total. The van der Waals surface area contributed by atoms with E-state index < -0.39 is 18.1 Å². The lowest BCUT2D eigenvalue weighted by atomic mass is 9.98. The van der Waals surface area contributed by atoms with Crippen LogP contribution in [0.3, 0.4) is 0 Å². The largest absolute Gasteiger partial charge is 0.480 e. The molecule has 1 amide bonds. The Bertz CT molecular complexity index is 1350. The molecule has 4 aromatic rings. The zero-order valence-corrected chi connectivity index (χ0v) is 19.4. The molecule has 7 heteroatoms. The van der Waals surface area contributed by atoms with Gasteiger partial charge in [-0.15, -0.1) is 0 Å². The summed E-state index contributed by atoms with van der Waals surface area (Å²) in [7, 11) is 0. The van der Waals surface area contributed by atoms with Gasteiger partial charge in [-0.2, -0.15) is 0 Å². The lowest BCUT2D eigenvalue weighted by Gasteiger charge is -2.18. The van der Waals surface area contributed by atoms with Crippen LogP contribution in [0.15, 0.2) is 91.1 Å². The fraction of sp³-hybridized carbons (Fsp3) is 0.172. The van der Waals surface area contributed by atoms with Gasteiger partial charge >= 0.3 is 12.1 Å². The van der Waals surface area contributed by atoms with Gasteiger partial charge in [0, 0.05) is 30.8 Å². The van der Waals surface area contributed by atoms with Crippen LogP contribution in [0.2, 0.25) is 0 Å². The van der Waals surface area contributed by atoms with E-state index in [-0.39, 0.29) is 24.8 Å². The summed E-state index contributed by atoms with van der Waals surface area (Å²) < 4.78 is 20.6. The zero-order chi connectivity index (χ0) is 25.1. The van der Waals surface area contributed by atoms with Crippen LogP contribution in [-0.4, -0.2) is 34.4 Å². The van der Waals surface area contributed by atoms with Crippen LogP contribution in [0.5, 0.6) is 0 Å². The standard InChI is InChI=1S/C29H25FN2O4/c30-20-13-11-19(12-14-20)17-32-15-5-6-21(32)16-27(28(33)34)31-29(35)36-18-26-24-9-3-1-7-22(24)23-8-2-4-10-25(23)26/h1-15,26-27H,16-18H2,(H,31,35)(H,33,34). The number of halogens is 1. The summed E-state index contributed by atoms with van der Waals surface area (Å²) in [4.78, 5) is 24.6. The van der Waals surface area contributed by atoms with E-state index in [0.717, 1.165) is 33.5 Å². The van der Waals surface area contributed by atoms with Crippen LogP contribution in [0.25, 0.3) is 11.1 Å². The van der Waals surface area contributed by atoms with E-state index in [1.54, 1.807) is 18.2 Å². The van der Waals surface area contributed by atoms with Crippen molar-refractivity contribution < 1.29 is 23.8 Å². The number of nitrogens with one attached hydrogen (secondary N) is 1. The fourth-order valence-electron chi connectivity index (χ4n) is 4.77. The van der Waals surface area contributed by atoms with Gasteiger partial charge in [0.1, 0.15) is 18.5 Å². The summed E-state index contributed by atoms with van der Waals surface area (Å²) in [6.45, 7) is 0.563. The third-order valence-electron chi connectivity index (χ3n) is 6.54. The first kappa shape index (κ1) is 23.4. The molecule has 0 aliphatic heterocycles. The number of rotatable bonds is 8. The summed E-state index contributed by atoms with van der Waals surface area (Å²) in [5.41, 5.74) is 6.01. The molecule has 182 valence electrons. The maximum atomic E-state index is 13.2. The fourth-order valence-corrected chi connectivity index (χ4v) is 4.77. The molecule has 0 fully saturated rings. The molecular formula is C29H25FN2O4. The van der Waals surface area contributed by atoms with E-state index in [1.165, 1.54) is 12.1 Å². The molecule has 0 bridgehead atoms. The van der Waals surface area contributed by atoms with Gasteiger partial charge in [-0.05, 0) is 52.1 Å². The van der Waals surface area contributed by atoms with Gasteiger partial charge in [0.25, 0.3) is 0 Å². The van der Waals surface area contributed by atoms with Gasteiger partial charge in [0.15, 0.2) is 0 Å². The quantitative estimate of drug-likeness (QED) is 0.360. The van der Waals surface area contributed by atoms with Crippen molar-refractivity contribution in [3.05, 3.63) is 119 Å². The Morgan fingerprint density at radius 2 is 1.56 bits per heavy atom. The van der Waals surface area contributed by atoms with Gasteiger partial charge in [-0.1, -0.05) is 60.7 Å². The highest BCUT2D eigenvalue weighted by Crippen LogP contribution is 2.44. The number of ether oxygens (including phenoxy) is 1. The van der Waals surface area contributed by atoms with Gasteiger partial charge in [0.2, 0.25) is 0 Å². The van der Waals surface area contributed by atoms with Crippen molar-refractivity contribution in [2.24, 2.45) is 0 Å². The van der Waals surface area contributed by atoms with Crippen molar-refractivity contribution in [3.8, 4) is 11.1 Å². The Morgan fingerprint density at radius 1 is 0.917 bits per heavy atom. The first-order valence-electron chi connectivity index (χ1n) is 11.7. The van der Waals surface area contributed by atoms with Gasteiger partial charge < -0.3 is 19.7 Å². The first-order chi connectivity index (χ1) is 17.5. The number of aliphatic carboxylic acids is 1. The number of nitrogens with zero attached hydrogens (tertiary/aromatic N) is 1. The molecule has 0 radical (unpaired) electrons. The molecule has 1 aromatic heterocycles. The van der Waals surface area contributed by atoms with Crippen molar-refractivity contribution in [1.29, 1.82) is 0 Å². The number of carbonyl (C=O) groups excluding carboxylic acids is 1.